The Morgan fingerprint density at radius 1 is 1.12 bits per heavy atom. The predicted octanol–water partition coefficient (Wildman–Crippen LogP) is 2.87. The number of nitrogens with zero attached hydrogens (tertiary/aromatic N) is 1. The number of ether oxygens (including phenoxy) is 1. The standard InChI is InChI=1S/C19H19N3O3/c23-18-12-25-17-11-13(7-8-15(17)20-18)19(24)21-14-5-1-2-6-16(14)22-9-3-4-10-22/h1-2,5-8,11H,3-4,9-10,12H2,(H,20,23)(H,21,24). The molecule has 0 unspecified atom stereocenters. The Hall–Kier alpha value is -3.02. The number of para-hydroxylation sites is 2. The minimum Gasteiger partial charge on any atom is -0.482 e. The molecule has 0 bridgehead atoms. The third kappa shape index (κ3) is 3.15. The molecule has 2 aliphatic rings. The van der Waals surface area contributed by atoms with Crippen molar-refractivity contribution in [1.82, 2.24) is 0 Å². The molecule has 2 heterocycles. The molecule has 0 spiro atoms. The van der Waals surface area contributed by atoms with Crippen LogP contribution in [0.15, 0.2) is 42.5 Å². The molecule has 4 rings (SSSR count). The van der Waals surface area contributed by atoms with Gasteiger partial charge in [-0.05, 0) is 43.2 Å². The van der Waals surface area contributed by atoms with Gasteiger partial charge in [-0.25, -0.2) is 0 Å². The molecule has 25 heavy (non-hydrogen) atoms. The van der Waals surface area contributed by atoms with Crippen molar-refractivity contribution in [3.05, 3.63) is 48.0 Å². The van der Waals surface area contributed by atoms with Crippen molar-refractivity contribution in [2.75, 3.05) is 35.2 Å². The number of nitrogens with one attached hydrogen (secondary N) is 2. The summed E-state index contributed by atoms with van der Waals surface area (Å²) in [4.78, 5) is 26.3. The summed E-state index contributed by atoms with van der Waals surface area (Å²) in [6.07, 6.45) is 2.35. The molecule has 1 fully saturated rings. The van der Waals surface area contributed by atoms with Crippen LogP contribution >= 0.6 is 0 Å². The van der Waals surface area contributed by atoms with E-state index in [9.17, 15) is 9.59 Å². The van der Waals surface area contributed by atoms with Gasteiger partial charge in [0.25, 0.3) is 11.8 Å². The summed E-state index contributed by atoms with van der Waals surface area (Å²) in [6.45, 7) is 1.99. The first kappa shape index (κ1) is 15.5. The van der Waals surface area contributed by atoms with Gasteiger partial charge in [-0.3, -0.25) is 9.59 Å². The van der Waals surface area contributed by atoms with Crippen molar-refractivity contribution in [1.29, 1.82) is 0 Å². The van der Waals surface area contributed by atoms with Crippen LogP contribution in [0.5, 0.6) is 5.75 Å². The van der Waals surface area contributed by atoms with Crippen LogP contribution in [0.2, 0.25) is 0 Å². The average Bonchev–Trinajstić information content (AvgIpc) is 3.16. The predicted molar refractivity (Wildman–Crippen MR) is 96.4 cm³/mol. The molecule has 128 valence electrons. The molecule has 0 saturated carbocycles. The van der Waals surface area contributed by atoms with E-state index >= 15 is 0 Å². The lowest BCUT2D eigenvalue weighted by atomic mass is 10.1. The fourth-order valence-electron chi connectivity index (χ4n) is 3.22. The first-order valence-corrected chi connectivity index (χ1v) is 8.43. The van der Waals surface area contributed by atoms with Gasteiger partial charge in [0.2, 0.25) is 0 Å². The van der Waals surface area contributed by atoms with Gasteiger partial charge in [0.1, 0.15) is 5.75 Å². The molecular weight excluding hydrogens is 318 g/mol. The minimum atomic E-state index is -0.199. The SMILES string of the molecule is O=C1COc2cc(C(=O)Nc3ccccc3N3CCCC3)ccc2N1. The van der Waals surface area contributed by atoms with Crippen LogP contribution in [0.3, 0.4) is 0 Å². The van der Waals surface area contributed by atoms with Crippen molar-refractivity contribution in [3.63, 3.8) is 0 Å². The van der Waals surface area contributed by atoms with Crippen LogP contribution in [-0.4, -0.2) is 31.5 Å². The Labute approximate surface area is 145 Å². The number of anilines is 3. The zero-order valence-corrected chi connectivity index (χ0v) is 13.7. The van der Waals surface area contributed by atoms with E-state index in [2.05, 4.69) is 15.5 Å². The van der Waals surface area contributed by atoms with Gasteiger partial charge in [0.15, 0.2) is 6.61 Å². The molecule has 2 aliphatic heterocycles. The molecule has 0 aromatic heterocycles. The van der Waals surface area contributed by atoms with E-state index < -0.39 is 0 Å². The molecule has 0 aliphatic carbocycles. The molecule has 1 saturated heterocycles. The van der Waals surface area contributed by atoms with Gasteiger partial charge in [-0.2, -0.15) is 0 Å². The summed E-state index contributed by atoms with van der Waals surface area (Å²) in [5.74, 6) is 0.124. The topological polar surface area (TPSA) is 70.7 Å². The van der Waals surface area contributed by atoms with Crippen LogP contribution in [0.1, 0.15) is 23.2 Å². The monoisotopic (exact) mass is 337 g/mol. The van der Waals surface area contributed by atoms with E-state index in [0.29, 0.717) is 17.0 Å². The Kier molecular flexibility index (Phi) is 4.01. The first-order chi connectivity index (χ1) is 12.2. The lowest BCUT2D eigenvalue weighted by molar-refractivity contribution is -0.118. The summed E-state index contributed by atoms with van der Waals surface area (Å²) in [5, 5.41) is 5.72. The van der Waals surface area contributed by atoms with Crippen LogP contribution in [0, 0.1) is 0 Å². The second-order valence-electron chi connectivity index (χ2n) is 6.21. The van der Waals surface area contributed by atoms with Crippen molar-refractivity contribution in [3.8, 4) is 5.75 Å². The second-order valence-corrected chi connectivity index (χ2v) is 6.21. The molecule has 0 radical (unpaired) electrons. The summed E-state index contributed by atoms with van der Waals surface area (Å²) in [5.41, 5.74) is 2.94. The number of hydrogen-bond donors (Lipinski definition) is 2. The van der Waals surface area contributed by atoms with Gasteiger partial charge >= 0.3 is 0 Å². The first-order valence-electron chi connectivity index (χ1n) is 8.43. The van der Waals surface area contributed by atoms with Crippen molar-refractivity contribution in [2.24, 2.45) is 0 Å². The van der Waals surface area contributed by atoms with Crippen LogP contribution < -0.4 is 20.3 Å². The van der Waals surface area contributed by atoms with Gasteiger partial charge in [0.05, 0.1) is 17.1 Å². The summed E-state index contributed by atoms with van der Waals surface area (Å²) < 4.78 is 5.38. The smallest absolute Gasteiger partial charge is 0.262 e. The van der Waals surface area contributed by atoms with E-state index in [1.54, 1.807) is 18.2 Å². The quantitative estimate of drug-likeness (QED) is 0.903. The van der Waals surface area contributed by atoms with Crippen LogP contribution in [0.4, 0.5) is 17.1 Å². The number of carbonyl (C=O) groups is 2. The normalized spacial score (nSPS) is 16.0. The third-order valence-corrected chi connectivity index (χ3v) is 4.48. The number of benzene rings is 2. The van der Waals surface area contributed by atoms with Crippen molar-refractivity contribution < 1.29 is 14.3 Å². The number of amides is 2. The summed E-state index contributed by atoms with van der Waals surface area (Å²) in [7, 11) is 0. The lowest BCUT2D eigenvalue weighted by Crippen LogP contribution is -2.25. The Bertz CT molecular complexity index is 828. The number of rotatable bonds is 3. The highest BCUT2D eigenvalue weighted by molar-refractivity contribution is 6.07. The van der Waals surface area contributed by atoms with Gasteiger partial charge in [-0.1, -0.05) is 12.1 Å². The maximum absolute atomic E-state index is 12.7. The number of fused-ring (bicyclic) bond motifs is 1. The Balaban J connectivity index is 1.56. The summed E-state index contributed by atoms with van der Waals surface area (Å²) in [6, 6.07) is 12.9. The molecule has 2 aromatic rings. The summed E-state index contributed by atoms with van der Waals surface area (Å²) >= 11 is 0. The van der Waals surface area contributed by atoms with Crippen LogP contribution in [0.25, 0.3) is 0 Å². The molecule has 0 atom stereocenters. The van der Waals surface area contributed by atoms with Gasteiger partial charge < -0.3 is 20.3 Å². The van der Waals surface area contributed by atoms with Crippen molar-refractivity contribution in [2.45, 2.75) is 12.8 Å². The molecule has 6 heteroatoms. The molecule has 2 aromatic carbocycles. The number of hydrogen-bond acceptors (Lipinski definition) is 4. The number of carbonyl (C=O) groups excluding carboxylic acids is 2. The zero-order valence-electron chi connectivity index (χ0n) is 13.7. The fourth-order valence-corrected chi connectivity index (χ4v) is 3.22. The molecule has 2 N–H and O–H groups in total. The molecule has 6 nitrogen and oxygen atoms in total. The second kappa shape index (κ2) is 6.47. The zero-order chi connectivity index (χ0) is 17.2. The Morgan fingerprint density at radius 3 is 2.76 bits per heavy atom. The lowest BCUT2D eigenvalue weighted by Gasteiger charge is -2.22. The highest BCUT2D eigenvalue weighted by Gasteiger charge is 2.20. The van der Waals surface area contributed by atoms with E-state index in [4.69, 9.17) is 4.74 Å². The van der Waals surface area contributed by atoms with E-state index in [1.165, 1.54) is 12.8 Å². The van der Waals surface area contributed by atoms with Gasteiger partial charge in [-0.15, -0.1) is 0 Å². The highest BCUT2D eigenvalue weighted by Crippen LogP contribution is 2.31. The third-order valence-electron chi connectivity index (χ3n) is 4.48. The highest BCUT2D eigenvalue weighted by atomic mass is 16.5. The van der Waals surface area contributed by atoms with E-state index in [0.717, 1.165) is 24.5 Å². The van der Waals surface area contributed by atoms with E-state index in [-0.39, 0.29) is 18.4 Å². The largest absolute Gasteiger partial charge is 0.482 e. The van der Waals surface area contributed by atoms with Crippen molar-refractivity contribution >= 4 is 28.9 Å². The minimum absolute atomic E-state index is 0.0319. The maximum Gasteiger partial charge on any atom is 0.262 e. The average molecular weight is 337 g/mol. The molecular formula is C19H19N3O3. The Morgan fingerprint density at radius 2 is 1.92 bits per heavy atom. The fraction of sp³-hybridized carbons (Fsp3) is 0.263. The molecule has 2 amide bonds. The van der Waals surface area contributed by atoms with E-state index in [1.807, 2.05) is 24.3 Å². The van der Waals surface area contributed by atoms with Gasteiger partial charge in [0, 0.05) is 18.7 Å². The van der Waals surface area contributed by atoms with Crippen LogP contribution in [-0.2, 0) is 4.79 Å². The maximum atomic E-state index is 12.7.